The second-order valence-corrected chi connectivity index (χ2v) is 6.40. The first-order valence-corrected chi connectivity index (χ1v) is 9.25. The molecule has 0 radical (unpaired) electrons. The van der Waals surface area contributed by atoms with E-state index in [2.05, 4.69) is 33.0 Å². The average molecular weight is 426 g/mol. The minimum atomic E-state index is -0.154. The maximum absolute atomic E-state index is 11.9. The Balaban J connectivity index is 1.97. The quantitative estimate of drug-likeness (QED) is 0.373. The number of morpholine rings is 1. The summed E-state index contributed by atoms with van der Waals surface area (Å²) in [4.78, 5) is 14.0. The summed E-state index contributed by atoms with van der Waals surface area (Å²) in [5.74, 6) is 1.06. The zero-order chi connectivity index (χ0) is 18.8. The summed E-state index contributed by atoms with van der Waals surface area (Å²) < 4.78 is 17.3. The number of hydrogen-bond donors (Lipinski definition) is 1. The highest BCUT2D eigenvalue weighted by Gasteiger charge is 2.14. The molecule has 8 heteroatoms. The molecule has 2 rings (SSSR count). The van der Waals surface area contributed by atoms with Crippen molar-refractivity contribution < 1.29 is 19.0 Å². The van der Waals surface area contributed by atoms with Crippen LogP contribution in [0.15, 0.2) is 34.4 Å². The molecule has 1 aromatic carbocycles. The summed E-state index contributed by atoms with van der Waals surface area (Å²) >= 11 is 3.48. The number of rotatable bonds is 9. The molecule has 1 aliphatic heterocycles. The third kappa shape index (κ3) is 6.44. The number of ether oxygens (including phenoxy) is 3. The van der Waals surface area contributed by atoms with E-state index in [9.17, 15) is 4.79 Å². The minimum absolute atomic E-state index is 0.154. The van der Waals surface area contributed by atoms with Crippen LogP contribution in [-0.2, 0) is 9.53 Å². The summed E-state index contributed by atoms with van der Waals surface area (Å²) in [5.41, 5.74) is 3.32. The van der Waals surface area contributed by atoms with Crippen LogP contribution in [0.25, 0.3) is 0 Å². The Labute approximate surface area is 162 Å². The van der Waals surface area contributed by atoms with Gasteiger partial charge in [-0.2, -0.15) is 5.10 Å². The van der Waals surface area contributed by atoms with Crippen LogP contribution in [0.5, 0.6) is 11.5 Å². The Bertz CT molecular complexity index is 646. The second-order valence-electron chi connectivity index (χ2n) is 5.54. The Hall–Kier alpha value is -1.90. The highest BCUT2D eigenvalue weighted by molar-refractivity contribution is 9.10. The number of nitrogens with zero attached hydrogens (tertiary/aromatic N) is 2. The number of halogens is 1. The maximum Gasteiger partial charge on any atom is 0.254 e. The number of amides is 1. The van der Waals surface area contributed by atoms with Gasteiger partial charge >= 0.3 is 0 Å². The Kier molecular flexibility index (Phi) is 8.60. The third-order valence-electron chi connectivity index (χ3n) is 3.55. The van der Waals surface area contributed by atoms with E-state index in [0.29, 0.717) is 44.5 Å². The number of carbonyl (C=O) groups is 1. The summed E-state index contributed by atoms with van der Waals surface area (Å²) in [6.45, 7) is 9.57. The van der Waals surface area contributed by atoms with Crippen LogP contribution in [0.3, 0.4) is 0 Å². The number of hydrazone groups is 1. The molecule has 26 heavy (non-hydrogen) atoms. The zero-order valence-electron chi connectivity index (χ0n) is 14.9. The van der Waals surface area contributed by atoms with E-state index in [0.717, 1.165) is 23.1 Å². The van der Waals surface area contributed by atoms with Gasteiger partial charge in [0, 0.05) is 13.1 Å². The second kappa shape index (κ2) is 10.9. The summed E-state index contributed by atoms with van der Waals surface area (Å²) in [6.07, 6.45) is 3.24. The normalized spacial score (nSPS) is 15.0. The molecule has 0 saturated carbocycles. The van der Waals surface area contributed by atoms with E-state index in [1.54, 1.807) is 12.3 Å². The molecule has 0 aromatic heterocycles. The van der Waals surface area contributed by atoms with Gasteiger partial charge in [0.25, 0.3) is 5.91 Å². The van der Waals surface area contributed by atoms with Gasteiger partial charge in [-0.25, -0.2) is 5.43 Å². The lowest BCUT2D eigenvalue weighted by atomic mass is 10.2. The van der Waals surface area contributed by atoms with E-state index in [1.807, 2.05) is 24.0 Å². The van der Waals surface area contributed by atoms with Crippen molar-refractivity contribution in [1.82, 2.24) is 10.3 Å². The van der Waals surface area contributed by atoms with E-state index in [4.69, 9.17) is 14.2 Å². The summed E-state index contributed by atoms with van der Waals surface area (Å²) in [5, 5.41) is 4.03. The lowest BCUT2D eigenvalue weighted by Crippen LogP contribution is -2.42. The fraction of sp³-hybridized carbons (Fsp3) is 0.444. The predicted octanol–water partition coefficient (Wildman–Crippen LogP) is 2.19. The van der Waals surface area contributed by atoms with Crippen LogP contribution in [0, 0.1) is 0 Å². The van der Waals surface area contributed by atoms with Crippen molar-refractivity contribution >= 4 is 28.1 Å². The molecule has 0 atom stereocenters. The molecule has 1 aromatic rings. The minimum Gasteiger partial charge on any atom is -0.490 e. The van der Waals surface area contributed by atoms with Crippen LogP contribution >= 0.6 is 15.9 Å². The smallest absolute Gasteiger partial charge is 0.254 e. The first-order chi connectivity index (χ1) is 12.6. The molecule has 0 bridgehead atoms. The molecule has 1 heterocycles. The molecule has 1 aliphatic rings. The molecular weight excluding hydrogens is 402 g/mol. The lowest BCUT2D eigenvalue weighted by molar-refractivity contribution is -0.123. The lowest BCUT2D eigenvalue weighted by Gasteiger charge is -2.25. The highest BCUT2D eigenvalue weighted by Crippen LogP contribution is 2.36. The molecular formula is C18H24BrN3O4. The highest BCUT2D eigenvalue weighted by atomic mass is 79.9. The van der Waals surface area contributed by atoms with Gasteiger partial charge < -0.3 is 14.2 Å². The van der Waals surface area contributed by atoms with Gasteiger partial charge in [0.05, 0.1) is 37.1 Å². The Morgan fingerprint density at radius 3 is 2.88 bits per heavy atom. The standard InChI is InChI=1S/C18H24BrN3O4/c1-3-7-26-18-15(19)10-14(11-16(18)25-4-2)12-20-21-17(23)13-22-5-8-24-9-6-22/h3,10-12H,1,4-9,13H2,2H3,(H,21,23). The van der Waals surface area contributed by atoms with Crippen molar-refractivity contribution in [3.05, 3.63) is 34.8 Å². The summed E-state index contributed by atoms with van der Waals surface area (Å²) in [6, 6.07) is 3.66. The zero-order valence-corrected chi connectivity index (χ0v) is 16.5. The first-order valence-electron chi connectivity index (χ1n) is 8.46. The van der Waals surface area contributed by atoms with Gasteiger partial charge in [-0.15, -0.1) is 0 Å². The fourth-order valence-electron chi connectivity index (χ4n) is 2.38. The number of nitrogens with one attached hydrogen (secondary N) is 1. The van der Waals surface area contributed by atoms with Crippen molar-refractivity contribution in [2.75, 3.05) is 46.1 Å². The molecule has 142 valence electrons. The number of benzene rings is 1. The van der Waals surface area contributed by atoms with Gasteiger partial charge in [-0.05, 0) is 40.5 Å². The molecule has 1 amide bonds. The van der Waals surface area contributed by atoms with Crippen molar-refractivity contribution in [2.45, 2.75) is 6.92 Å². The van der Waals surface area contributed by atoms with Crippen molar-refractivity contribution in [3.63, 3.8) is 0 Å². The van der Waals surface area contributed by atoms with E-state index in [-0.39, 0.29) is 5.91 Å². The Morgan fingerprint density at radius 1 is 1.42 bits per heavy atom. The Morgan fingerprint density at radius 2 is 2.19 bits per heavy atom. The van der Waals surface area contributed by atoms with Crippen LogP contribution in [-0.4, -0.2) is 63.1 Å². The van der Waals surface area contributed by atoms with Gasteiger partial charge in [0.15, 0.2) is 11.5 Å². The maximum atomic E-state index is 11.9. The van der Waals surface area contributed by atoms with Gasteiger partial charge in [-0.3, -0.25) is 9.69 Å². The van der Waals surface area contributed by atoms with Crippen LogP contribution in [0.2, 0.25) is 0 Å². The van der Waals surface area contributed by atoms with Gasteiger partial charge in [0.1, 0.15) is 6.61 Å². The van der Waals surface area contributed by atoms with E-state index < -0.39 is 0 Å². The van der Waals surface area contributed by atoms with Crippen LogP contribution < -0.4 is 14.9 Å². The summed E-state index contributed by atoms with van der Waals surface area (Å²) in [7, 11) is 0. The van der Waals surface area contributed by atoms with Crippen molar-refractivity contribution in [1.29, 1.82) is 0 Å². The van der Waals surface area contributed by atoms with E-state index >= 15 is 0 Å². The van der Waals surface area contributed by atoms with Crippen LogP contribution in [0.1, 0.15) is 12.5 Å². The molecule has 0 unspecified atom stereocenters. The van der Waals surface area contributed by atoms with Gasteiger partial charge in [-0.1, -0.05) is 12.7 Å². The molecule has 1 saturated heterocycles. The van der Waals surface area contributed by atoms with E-state index in [1.165, 1.54) is 0 Å². The monoisotopic (exact) mass is 425 g/mol. The molecule has 1 N–H and O–H groups in total. The SMILES string of the molecule is C=CCOc1c(Br)cc(C=NNC(=O)CN2CCOCC2)cc1OCC. The third-order valence-corrected chi connectivity index (χ3v) is 4.14. The van der Waals surface area contributed by atoms with Crippen molar-refractivity contribution in [3.8, 4) is 11.5 Å². The molecule has 1 fully saturated rings. The fourth-order valence-corrected chi connectivity index (χ4v) is 2.96. The number of carbonyl (C=O) groups excluding carboxylic acids is 1. The predicted molar refractivity (Wildman–Crippen MR) is 104 cm³/mol. The molecule has 0 spiro atoms. The molecule has 7 nitrogen and oxygen atoms in total. The first kappa shape index (κ1) is 20.4. The largest absolute Gasteiger partial charge is 0.490 e. The van der Waals surface area contributed by atoms with Crippen molar-refractivity contribution in [2.24, 2.45) is 5.10 Å². The van der Waals surface area contributed by atoms with Crippen LogP contribution in [0.4, 0.5) is 0 Å². The average Bonchev–Trinajstić information content (AvgIpc) is 2.62. The van der Waals surface area contributed by atoms with Gasteiger partial charge in [0.2, 0.25) is 0 Å². The number of hydrogen-bond acceptors (Lipinski definition) is 6. The molecule has 0 aliphatic carbocycles. The topological polar surface area (TPSA) is 72.4 Å².